The average Bonchev–Trinajstić information content (AvgIpc) is 3.31. The summed E-state index contributed by atoms with van der Waals surface area (Å²) in [6.07, 6.45) is 8.46. The first-order valence-corrected chi connectivity index (χ1v) is 14.1. The summed E-state index contributed by atoms with van der Waals surface area (Å²) in [4.78, 5) is 57.3. The molecule has 0 bridgehead atoms. The van der Waals surface area contributed by atoms with Crippen molar-refractivity contribution in [1.82, 2.24) is 10.3 Å². The SMILES string of the molecule is C/C1=C\[C@@H](C)C/C=C/[C@@H]2[C@@H]3O[C@]3(C)[C@@H](C)[C@H]3[C@H](Cc4c[nH]c5ccccc45)NC(=O)[C@]32C(=O)CCC(=O)C1=O. The maximum Gasteiger partial charge on any atom is 0.235 e. The van der Waals surface area contributed by atoms with Crippen molar-refractivity contribution < 1.29 is 23.9 Å². The standard InChI is InChI=1S/C32H36N2O5/c1-17-8-7-10-22-29-31(4,39-29)19(3)27-24(15-20-16-33-23-11-6-5-9-21(20)23)34-30(38)32(22,27)26(36)13-12-25(35)28(37)18(2)14-17/h5-7,9-11,14,16-17,19,22,24,27,29,33H,8,12-13,15H2,1-4H3,(H,34,38)/b10-7+,18-14+/t17-,19-,22+,24-,27-,29-,31+,32+/m0/s1. The lowest BCUT2D eigenvalue weighted by Gasteiger charge is -2.46. The number of para-hydroxylation sites is 1. The molecule has 3 fully saturated rings. The van der Waals surface area contributed by atoms with Crippen LogP contribution in [0.4, 0.5) is 0 Å². The number of hydrogen-bond acceptors (Lipinski definition) is 5. The fourth-order valence-electron chi connectivity index (χ4n) is 7.84. The molecule has 2 N–H and O–H groups in total. The Bertz CT molecular complexity index is 1450. The Morgan fingerprint density at radius 2 is 1.85 bits per heavy atom. The van der Waals surface area contributed by atoms with E-state index in [9.17, 15) is 19.2 Å². The highest BCUT2D eigenvalue weighted by Gasteiger charge is 2.78. The number of aromatic nitrogens is 1. The van der Waals surface area contributed by atoms with Crippen molar-refractivity contribution in [1.29, 1.82) is 0 Å². The quantitative estimate of drug-likeness (QED) is 0.262. The average molecular weight is 529 g/mol. The summed E-state index contributed by atoms with van der Waals surface area (Å²) in [6, 6.07) is 7.79. The molecular weight excluding hydrogens is 492 g/mol. The van der Waals surface area contributed by atoms with E-state index in [-0.39, 0.29) is 54.4 Å². The number of fused-ring (bicyclic) bond motifs is 3. The summed E-state index contributed by atoms with van der Waals surface area (Å²) in [7, 11) is 0. The molecule has 4 aliphatic rings. The summed E-state index contributed by atoms with van der Waals surface area (Å²) < 4.78 is 6.34. The molecule has 8 atom stereocenters. The third-order valence-corrected chi connectivity index (χ3v) is 9.99. The van der Waals surface area contributed by atoms with Gasteiger partial charge in [0.05, 0.1) is 11.7 Å². The topological polar surface area (TPSA) is 109 Å². The first-order valence-electron chi connectivity index (χ1n) is 14.1. The van der Waals surface area contributed by atoms with Crippen LogP contribution in [0.25, 0.3) is 10.9 Å². The second-order valence-corrected chi connectivity index (χ2v) is 12.2. The Labute approximate surface area is 228 Å². The van der Waals surface area contributed by atoms with E-state index in [0.717, 1.165) is 16.5 Å². The molecule has 39 heavy (non-hydrogen) atoms. The second-order valence-electron chi connectivity index (χ2n) is 12.2. The Hall–Kier alpha value is -3.32. The number of H-pyrrole nitrogens is 1. The summed E-state index contributed by atoms with van der Waals surface area (Å²) >= 11 is 0. The number of ether oxygens (including phenoxy) is 1. The van der Waals surface area contributed by atoms with Gasteiger partial charge in [-0.3, -0.25) is 19.2 Å². The molecule has 1 saturated carbocycles. The van der Waals surface area contributed by atoms with Gasteiger partial charge >= 0.3 is 0 Å². The highest BCUT2D eigenvalue weighted by molar-refractivity contribution is 6.43. The number of hydrogen-bond donors (Lipinski definition) is 2. The van der Waals surface area contributed by atoms with Crippen molar-refractivity contribution >= 4 is 34.2 Å². The molecule has 2 aliphatic carbocycles. The molecule has 204 valence electrons. The van der Waals surface area contributed by atoms with Crippen LogP contribution in [0.15, 0.2) is 54.3 Å². The van der Waals surface area contributed by atoms with E-state index in [1.807, 2.05) is 49.5 Å². The van der Waals surface area contributed by atoms with E-state index in [1.54, 1.807) is 6.92 Å². The van der Waals surface area contributed by atoms with E-state index >= 15 is 0 Å². The highest BCUT2D eigenvalue weighted by Crippen LogP contribution is 2.66. The number of allylic oxidation sites excluding steroid dienone is 3. The molecule has 6 rings (SSSR count). The lowest BCUT2D eigenvalue weighted by molar-refractivity contribution is -0.149. The van der Waals surface area contributed by atoms with E-state index in [0.29, 0.717) is 18.4 Å². The lowest BCUT2D eigenvalue weighted by atomic mass is 9.51. The molecule has 2 saturated heterocycles. The lowest BCUT2D eigenvalue weighted by Crippen LogP contribution is -2.58. The molecule has 2 aromatic rings. The zero-order chi connectivity index (χ0) is 27.7. The van der Waals surface area contributed by atoms with Gasteiger partial charge in [-0.25, -0.2) is 0 Å². The molecule has 0 radical (unpaired) electrons. The smallest absolute Gasteiger partial charge is 0.235 e. The number of benzene rings is 1. The van der Waals surface area contributed by atoms with Crippen LogP contribution < -0.4 is 5.32 Å². The van der Waals surface area contributed by atoms with Crippen LogP contribution in [0.3, 0.4) is 0 Å². The molecule has 0 unspecified atom stereocenters. The van der Waals surface area contributed by atoms with Gasteiger partial charge in [0.2, 0.25) is 17.5 Å². The molecule has 7 heteroatoms. The zero-order valence-electron chi connectivity index (χ0n) is 23.0. The van der Waals surface area contributed by atoms with Crippen LogP contribution >= 0.6 is 0 Å². The van der Waals surface area contributed by atoms with Crippen LogP contribution in [0.2, 0.25) is 0 Å². The minimum Gasteiger partial charge on any atom is -0.365 e. The maximum atomic E-state index is 14.3. The number of nitrogens with one attached hydrogen (secondary N) is 2. The Kier molecular flexibility index (Phi) is 6.06. The van der Waals surface area contributed by atoms with Crippen LogP contribution in [-0.4, -0.2) is 46.0 Å². The van der Waals surface area contributed by atoms with Crippen molar-refractivity contribution in [3.63, 3.8) is 0 Å². The summed E-state index contributed by atoms with van der Waals surface area (Å²) in [5.74, 6) is -2.47. The molecule has 2 aliphatic heterocycles. The second kappa shape index (κ2) is 9.12. The monoisotopic (exact) mass is 528 g/mol. The van der Waals surface area contributed by atoms with E-state index in [2.05, 4.69) is 30.2 Å². The van der Waals surface area contributed by atoms with Gasteiger partial charge in [-0.2, -0.15) is 0 Å². The van der Waals surface area contributed by atoms with E-state index in [1.165, 1.54) is 0 Å². The van der Waals surface area contributed by atoms with Crippen molar-refractivity contribution in [2.24, 2.45) is 29.1 Å². The van der Waals surface area contributed by atoms with Gasteiger partial charge in [-0.15, -0.1) is 0 Å². The fraction of sp³-hybridized carbons (Fsp3) is 0.500. The predicted molar refractivity (Wildman–Crippen MR) is 147 cm³/mol. The van der Waals surface area contributed by atoms with E-state index < -0.39 is 28.5 Å². The Balaban J connectivity index is 1.44. The summed E-state index contributed by atoms with van der Waals surface area (Å²) in [6.45, 7) is 7.83. The minimum atomic E-state index is -1.35. The number of aromatic amines is 1. The van der Waals surface area contributed by atoms with Gasteiger partial charge in [-0.05, 0) is 55.7 Å². The van der Waals surface area contributed by atoms with E-state index in [4.69, 9.17) is 4.74 Å². The van der Waals surface area contributed by atoms with Crippen molar-refractivity contribution in [2.75, 3.05) is 0 Å². The van der Waals surface area contributed by atoms with Crippen LogP contribution in [-0.2, 0) is 30.3 Å². The van der Waals surface area contributed by atoms with Gasteiger partial charge in [0.1, 0.15) is 11.2 Å². The number of carbonyl (C=O) groups is 4. The molecule has 1 amide bonds. The first kappa shape index (κ1) is 25.9. The summed E-state index contributed by atoms with van der Waals surface area (Å²) in [5.41, 5.74) is 0.739. The van der Waals surface area contributed by atoms with Crippen molar-refractivity contribution in [2.45, 2.75) is 71.1 Å². The molecule has 3 heterocycles. The molecule has 7 nitrogen and oxygen atoms in total. The van der Waals surface area contributed by atoms with Gasteiger partial charge in [0, 0.05) is 47.8 Å². The molecule has 1 aromatic heterocycles. The van der Waals surface area contributed by atoms with Crippen LogP contribution in [0.1, 0.15) is 52.5 Å². The largest absolute Gasteiger partial charge is 0.365 e. The Morgan fingerprint density at radius 3 is 2.64 bits per heavy atom. The minimum absolute atomic E-state index is 0.0299. The third kappa shape index (κ3) is 3.80. The summed E-state index contributed by atoms with van der Waals surface area (Å²) in [5, 5.41) is 4.34. The molecular formula is C32H36N2O5. The van der Waals surface area contributed by atoms with Gasteiger partial charge < -0.3 is 15.0 Å². The number of amides is 1. The zero-order valence-corrected chi connectivity index (χ0v) is 23.0. The number of carbonyl (C=O) groups excluding carboxylic acids is 4. The van der Waals surface area contributed by atoms with Crippen molar-refractivity contribution in [3.05, 3.63) is 59.8 Å². The molecule has 1 aromatic carbocycles. The maximum absolute atomic E-state index is 14.3. The number of Topliss-reactive ketones (excluding diaryl/α,β-unsaturated/α-hetero) is 3. The van der Waals surface area contributed by atoms with Crippen LogP contribution in [0, 0.1) is 29.1 Å². The Morgan fingerprint density at radius 1 is 1.08 bits per heavy atom. The fourth-order valence-corrected chi connectivity index (χ4v) is 7.84. The number of ketones is 3. The number of rotatable bonds is 2. The normalized spacial score (nSPS) is 40.8. The van der Waals surface area contributed by atoms with Gasteiger partial charge in [-0.1, -0.05) is 50.3 Å². The highest BCUT2D eigenvalue weighted by atomic mass is 16.6. The van der Waals surface area contributed by atoms with Gasteiger partial charge in [0.15, 0.2) is 0 Å². The van der Waals surface area contributed by atoms with Gasteiger partial charge in [0.25, 0.3) is 0 Å². The molecule has 1 spiro atoms. The van der Waals surface area contributed by atoms with Crippen LogP contribution in [0.5, 0.6) is 0 Å². The van der Waals surface area contributed by atoms with Crippen molar-refractivity contribution in [3.8, 4) is 0 Å². The third-order valence-electron chi connectivity index (χ3n) is 9.99. The predicted octanol–water partition coefficient (Wildman–Crippen LogP) is 4.26. The first-order chi connectivity index (χ1) is 18.6. The number of epoxide rings is 1.